The molecule has 1 N–H and O–H groups in total. The summed E-state index contributed by atoms with van der Waals surface area (Å²) < 4.78 is 44.6. The average molecular weight is 337 g/mol. The van der Waals surface area contributed by atoms with Crippen molar-refractivity contribution in [1.82, 2.24) is 4.98 Å². The first-order valence-electron chi connectivity index (χ1n) is 7.60. The van der Waals surface area contributed by atoms with Crippen LogP contribution in [0.4, 0.5) is 13.2 Å². The number of ether oxygens (including phenoxy) is 1. The van der Waals surface area contributed by atoms with Crippen LogP contribution >= 0.6 is 0 Å². The zero-order valence-corrected chi connectivity index (χ0v) is 13.4. The highest BCUT2D eigenvalue weighted by molar-refractivity contribution is 5.47. The molecule has 1 unspecified atom stereocenters. The largest absolute Gasteiger partial charge is 0.493 e. The van der Waals surface area contributed by atoms with Crippen molar-refractivity contribution in [3.8, 4) is 5.75 Å². The number of hydrogen-bond acceptors (Lipinski definition) is 3. The Kier molecular flexibility index (Phi) is 3.83. The highest BCUT2D eigenvalue weighted by Crippen LogP contribution is 2.47. The predicted molar refractivity (Wildman–Crippen MR) is 82.6 cm³/mol. The van der Waals surface area contributed by atoms with Crippen LogP contribution in [0.3, 0.4) is 0 Å². The van der Waals surface area contributed by atoms with E-state index in [0.717, 1.165) is 12.1 Å². The van der Waals surface area contributed by atoms with Gasteiger partial charge < -0.3 is 9.84 Å². The molecular formula is C18H18F3NO2. The smallest absolute Gasteiger partial charge is 0.416 e. The maximum absolute atomic E-state index is 13.0. The summed E-state index contributed by atoms with van der Waals surface area (Å²) in [7, 11) is 0. The quantitative estimate of drug-likeness (QED) is 0.850. The van der Waals surface area contributed by atoms with Gasteiger partial charge in [0.15, 0.2) is 0 Å². The van der Waals surface area contributed by atoms with Crippen molar-refractivity contribution in [2.75, 3.05) is 6.61 Å². The number of alkyl halides is 3. The van der Waals surface area contributed by atoms with Crippen molar-refractivity contribution in [1.29, 1.82) is 0 Å². The highest BCUT2D eigenvalue weighted by Gasteiger charge is 2.44. The van der Waals surface area contributed by atoms with Gasteiger partial charge in [0.25, 0.3) is 0 Å². The molecule has 24 heavy (non-hydrogen) atoms. The van der Waals surface area contributed by atoms with Crippen LogP contribution in [-0.2, 0) is 11.8 Å². The maximum Gasteiger partial charge on any atom is 0.416 e. The predicted octanol–water partition coefficient (Wildman–Crippen LogP) is 4.15. The van der Waals surface area contributed by atoms with E-state index in [4.69, 9.17) is 4.74 Å². The third-order valence-electron chi connectivity index (χ3n) is 4.20. The minimum absolute atomic E-state index is 0.0450. The van der Waals surface area contributed by atoms with Gasteiger partial charge in [-0.3, -0.25) is 4.98 Å². The van der Waals surface area contributed by atoms with Crippen LogP contribution in [0.1, 0.15) is 37.1 Å². The molecule has 0 aliphatic carbocycles. The molecule has 0 saturated carbocycles. The van der Waals surface area contributed by atoms with Gasteiger partial charge in [-0.25, -0.2) is 0 Å². The van der Waals surface area contributed by atoms with Gasteiger partial charge in [0.05, 0.1) is 17.9 Å². The lowest BCUT2D eigenvalue weighted by atomic mass is 9.76. The molecule has 2 heterocycles. The molecule has 3 rings (SSSR count). The van der Waals surface area contributed by atoms with E-state index in [9.17, 15) is 18.3 Å². The van der Waals surface area contributed by atoms with E-state index in [0.29, 0.717) is 11.3 Å². The summed E-state index contributed by atoms with van der Waals surface area (Å²) in [6, 6.07) is 8.33. The first-order valence-corrected chi connectivity index (χ1v) is 7.60. The van der Waals surface area contributed by atoms with Crippen molar-refractivity contribution in [3.63, 3.8) is 0 Å². The number of nitrogens with zero attached hydrogens (tertiary/aromatic N) is 1. The van der Waals surface area contributed by atoms with Crippen LogP contribution < -0.4 is 4.74 Å². The van der Waals surface area contributed by atoms with Crippen LogP contribution in [-0.4, -0.2) is 16.7 Å². The molecule has 2 aromatic rings. The SMILES string of the molecule is CC1(C)COc2cc(C(F)(F)F)ccc2C(O)(c2ccccn2)C1. The summed E-state index contributed by atoms with van der Waals surface area (Å²) in [4.78, 5) is 4.22. The molecule has 3 nitrogen and oxygen atoms in total. The molecular weight excluding hydrogens is 319 g/mol. The number of aliphatic hydroxyl groups is 1. The number of halogens is 3. The molecule has 1 aliphatic rings. The fourth-order valence-electron chi connectivity index (χ4n) is 3.11. The molecule has 0 fully saturated rings. The number of hydrogen-bond donors (Lipinski definition) is 1. The van der Waals surface area contributed by atoms with E-state index in [1.807, 2.05) is 13.8 Å². The van der Waals surface area contributed by atoms with Crippen LogP contribution in [0.5, 0.6) is 5.75 Å². The molecule has 1 atom stereocenters. The van der Waals surface area contributed by atoms with E-state index < -0.39 is 22.8 Å². The molecule has 0 bridgehead atoms. The highest BCUT2D eigenvalue weighted by atomic mass is 19.4. The third kappa shape index (κ3) is 2.98. The van der Waals surface area contributed by atoms with Gasteiger partial charge in [-0.2, -0.15) is 13.2 Å². The lowest BCUT2D eigenvalue weighted by Gasteiger charge is -2.32. The molecule has 1 aromatic heterocycles. The summed E-state index contributed by atoms with van der Waals surface area (Å²) >= 11 is 0. The second-order valence-electron chi connectivity index (χ2n) is 6.91. The lowest BCUT2D eigenvalue weighted by Crippen LogP contribution is -2.34. The molecule has 6 heteroatoms. The second-order valence-corrected chi connectivity index (χ2v) is 6.91. The van der Waals surface area contributed by atoms with Gasteiger partial charge in [0, 0.05) is 17.2 Å². The summed E-state index contributed by atoms with van der Waals surface area (Å²) in [5.74, 6) is 0.0450. The fraction of sp³-hybridized carbons (Fsp3) is 0.389. The minimum atomic E-state index is -4.47. The van der Waals surface area contributed by atoms with E-state index >= 15 is 0 Å². The lowest BCUT2D eigenvalue weighted by molar-refractivity contribution is -0.137. The number of pyridine rings is 1. The Hall–Kier alpha value is -2.08. The van der Waals surface area contributed by atoms with Crippen molar-refractivity contribution in [3.05, 3.63) is 59.4 Å². The molecule has 128 valence electrons. The van der Waals surface area contributed by atoms with Crippen molar-refractivity contribution in [2.24, 2.45) is 5.41 Å². The third-order valence-corrected chi connectivity index (χ3v) is 4.20. The Morgan fingerprint density at radius 1 is 1.17 bits per heavy atom. The summed E-state index contributed by atoms with van der Waals surface area (Å²) in [6.45, 7) is 4.01. The number of rotatable bonds is 1. The first-order chi connectivity index (χ1) is 11.1. The summed E-state index contributed by atoms with van der Waals surface area (Å²) in [6.07, 6.45) is -2.63. The Labute approximate surface area is 138 Å². The van der Waals surface area contributed by atoms with Crippen LogP contribution in [0.15, 0.2) is 42.6 Å². The normalized spacial score (nSPS) is 23.1. The summed E-state index contributed by atoms with van der Waals surface area (Å²) in [5, 5.41) is 11.4. The Balaban J connectivity index is 2.19. The van der Waals surface area contributed by atoms with Gasteiger partial charge in [-0.15, -0.1) is 0 Å². The van der Waals surface area contributed by atoms with Crippen molar-refractivity contribution >= 4 is 0 Å². The molecule has 1 aromatic carbocycles. The molecule has 0 radical (unpaired) electrons. The van der Waals surface area contributed by atoms with Crippen LogP contribution in [0, 0.1) is 5.41 Å². The topological polar surface area (TPSA) is 42.4 Å². The van der Waals surface area contributed by atoms with Gasteiger partial charge in [-0.05, 0) is 30.7 Å². The number of benzene rings is 1. The molecule has 0 amide bonds. The Morgan fingerprint density at radius 2 is 1.92 bits per heavy atom. The van der Waals surface area contributed by atoms with Gasteiger partial charge in [0.1, 0.15) is 11.4 Å². The second kappa shape index (κ2) is 5.48. The van der Waals surface area contributed by atoms with Gasteiger partial charge in [-0.1, -0.05) is 26.0 Å². The first kappa shape index (κ1) is 16.8. The van der Waals surface area contributed by atoms with Crippen molar-refractivity contribution < 1.29 is 23.0 Å². The average Bonchev–Trinajstić information content (AvgIpc) is 2.62. The van der Waals surface area contributed by atoms with Crippen LogP contribution in [0.25, 0.3) is 0 Å². The monoisotopic (exact) mass is 337 g/mol. The van der Waals surface area contributed by atoms with E-state index in [1.165, 1.54) is 6.07 Å². The van der Waals surface area contributed by atoms with Gasteiger partial charge in [0.2, 0.25) is 0 Å². The molecule has 1 aliphatic heterocycles. The maximum atomic E-state index is 13.0. The summed E-state index contributed by atoms with van der Waals surface area (Å²) in [5.41, 5.74) is -2.06. The van der Waals surface area contributed by atoms with E-state index in [-0.39, 0.29) is 18.8 Å². The zero-order chi connectivity index (χ0) is 17.6. The molecule has 0 saturated heterocycles. The standard InChI is InChI=1S/C18H18F3NO2/c1-16(2)10-17(23,15-5-3-4-8-22-15)13-7-6-12(18(19,20)21)9-14(13)24-11-16/h3-9,23H,10-11H2,1-2H3. The zero-order valence-electron chi connectivity index (χ0n) is 13.4. The minimum Gasteiger partial charge on any atom is -0.493 e. The molecule has 0 spiro atoms. The number of fused-ring (bicyclic) bond motifs is 1. The fourth-order valence-corrected chi connectivity index (χ4v) is 3.11. The van der Waals surface area contributed by atoms with E-state index in [2.05, 4.69) is 4.98 Å². The van der Waals surface area contributed by atoms with Gasteiger partial charge >= 0.3 is 6.18 Å². The number of aromatic nitrogens is 1. The van der Waals surface area contributed by atoms with Crippen LogP contribution in [0.2, 0.25) is 0 Å². The Morgan fingerprint density at radius 3 is 2.54 bits per heavy atom. The van der Waals surface area contributed by atoms with Crippen molar-refractivity contribution in [2.45, 2.75) is 32.0 Å². The Bertz CT molecular complexity index is 744. The van der Waals surface area contributed by atoms with E-state index in [1.54, 1.807) is 24.4 Å².